The lowest BCUT2D eigenvalue weighted by Gasteiger charge is -2.18. The first kappa shape index (κ1) is 16.9. The molecule has 0 saturated heterocycles. The minimum Gasteiger partial charge on any atom is -0.347 e. The summed E-state index contributed by atoms with van der Waals surface area (Å²) >= 11 is 0. The number of hydrogen-bond acceptors (Lipinski definition) is 6. The molecule has 1 aromatic carbocycles. The first-order chi connectivity index (χ1) is 10.5. The Labute approximate surface area is 134 Å². The maximum absolute atomic E-state index is 11.5. The maximum Gasteiger partial charge on any atom is 0.293 e. The summed E-state index contributed by atoms with van der Waals surface area (Å²) in [5.74, 6) is 0. The normalized spacial score (nSPS) is 12.2. The molecule has 0 atom stereocenters. The molecule has 0 bridgehead atoms. The van der Waals surface area contributed by atoms with Crippen LogP contribution in [0.15, 0.2) is 35.5 Å². The molecule has 9 heteroatoms. The third-order valence-corrected chi connectivity index (χ3v) is 4.25. The molecule has 0 aliphatic rings. The standard InChI is InChI=1S/C14H18N4O4S/c1-14(2,3)17-9-10(8-15-17)16-12-6-5-11(23(4,21)22)7-13(12)18(19)20/h5-9,16H,1-4H3. The molecule has 2 rings (SSSR count). The summed E-state index contributed by atoms with van der Waals surface area (Å²) in [5.41, 5.74) is 0.258. The first-order valence-electron chi connectivity index (χ1n) is 6.79. The third kappa shape index (κ3) is 3.86. The van der Waals surface area contributed by atoms with Gasteiger partial charge in [0.15, 0.2) is 9.84 Å². The van der Waals surface area contributed by atoms with Gasteiger partial charge in [0.2, 0.25) is 0 Å². The number of aromatic nitrogens is 2. The van der Waals surface area contributed by atoms with Gasteiger partial charge in [-0.25, -0.2) is 8.42 Å². The predicted octanol–water partition coefficient (Wildman–Crippen LogP) is 2.69. The van der Waals surface area contributed by atoms with Crippen LogP contribution < -0.4 is 5.32 Å². The Morgan fingerprint density at radius 3 is 2.43 bits per heavy atom. The summed E-state index contributed by atoms with van der Waals surface area (Å²) in [6.07, 6.45) is 4.29. The highest BCUT2D eigenvalue weighted by molar-refractivity contribution is 7.90. The zero-order valence-electron chi connectivity index (χ0n) is 13.3. The van der Waals surface area contributed by atoms with Gasteiger partial charge in [-0.3, -0.25) is 14.8 Å². The zero-order valence-corrected chi connectivity index (χ0v) is 14.1. The highest BCUT2D eigenvalue weighted by Gasteiger charge is 2.20. The number of nitro groups is 1. The third-order valence-electron chi connectivity index (χ3n) is 3.14. The molecule has 0 fully saturated rings. The highest BCUT2D eigenvalue weighted by atomic mass is 32.2. The van der Waals surface area contributed by atoms with Gasteiger partial charge in [-0.1, -0.05) is 0 Å². The summed E-state index contributed by atoms with van der Waals surface area (Å²) in [4.78, 5) is 10.5. The van der Waals surface area contributed by atoms with E-state index in [0.29, 0.717) is 5.69 Å². The number of sulfone groups is 1. The Morgan fingerprint density at radius 2 is 1.96 bits per heavy atom. The highest BCUT2D eigenvalue weighted by Crippen LogP contribution is 2.30. The Hall–Kier alpha value is -2.42. The van der Waals surface area contributed by atoms with E-state index in [1.165, 1.54) is 12.1 Å². The summed E-state index contributed by atoms with van der Waals surface area (Å²) in [7, 11) is -3.51. The second-order valence-corrected chi connectivity index (χ2v) is 8.19. The van der Waals surface area contributed by atoms with Crippen LogP contribution in [0, 0.1) is 10.1 Å². The first-order valence-corrected chi connectivity index (χ1v) is 8.68. The monoisotopic (exact) mass is 338 g/mol. The van der Waals surface area contributed by atoms with E-state index in [1.54, 1.807) is 17.1 Å². The van der Waals surface area contributed by atoms with Crippen molar-refractivity contribution in [3.8, 4) is 0 Å². The van der Waals surface area contributed by atoms with Gasteiger partial charge >= 0.3 is 0 Å². The zero-order chi connectivity index (χ0) is 17.4. The number of benzene rings is 1. The smallest absolute Gasteiger partial charge is 0.293 e. The molecule has 0 saturated carbocycles. The van der Waals surface area contributed by atoms with Crippen molar-refractivity contribution in [3.05, 3.63) is 40.7 Å². The van der Waals surface area contributed by atoms with Crippen molar-refractivity contribution in [2.45, 2.75) is 31.2 Å². The van der Waals surface area contributed by atoms with E-state index < -0.39 is 14.8 Å². The van der Waals surface area contributed by atoms with E-state index in [4.69, 9.17) is 0 Å². The van der Waals surface area contributed by atoms with Crippen molar-refractivity contribution >= 4 is 26.9 Å². The Kier molecular flexibility index (Phi) is 4.16. The van der Waals surface area contributed by atoms with E-state index in [1.807, 2.05) is 20.8 Å². The Bertz CT molecular complexity index is 850. The van der Waals surface area contributed by atoms with Gasteiger partial charge in [0, 0.05) is 18.5 Å². The average Bonchev–Trinajstić information content (AvgIpc) is 2.86. The molecule has 0 unspecified atom stereocenters. The van der Waals surface area contributed by atoms with Crippen molar-refractivity contribution in [3.63, 3.8) is 0 Å². The Morgan fingerprint density at radius 1 is 1.30 bits per heavy atom. The van der Waals surface area contributed by atoms with Crippen molar-refractivity contribution in [1.82, 2.24) is 9.78 Å². The number of anilines is 2. The summed E-state index contributed by atoms with van der Waals surface area (Å²) < 4.78 is 24.8. The predicted molar refractivity (Wildman–Crippen MR) is 86.7 cm³/mol. The molecule has 2 aromatic rings. The molecule has 1 N–H and O–H groups in total. The minimum absolute atomic E-state index is 0.0971. The lowest BCUT2D eigenvalue weighted by Crippen LogP contribution is -2.21. The van der Waals surface area contributed by atoms with E-state index in [9.17, 15) is 18.5 Å². The van der Waals surface area contributed by atoms with Gasteiger partial charge < -0.3 is 5.32 Å². The maximum atomic E-state index is 11.5. The molecule has 1 aromatic heterocycles. The van der Waals surface area contributed by atoms with E-state index >= 15 is 0 Å². The summed E-state index contributed by atoms with van der Waals surface area (Å²) in [6.45, 7) is 5.94. The number of nitrogens with one attached hydrogen (secondary N) is 1. The van der Waals surface area contributed by atoms with Crippen LogP contribution in [0.1, 0.15) is 20.8 Å². The van der Waals surface area contributed by atoms with E-state index in [0.717, 1.165) is 12.3 Å². The summed E-state index contributed by atoms with van der Waals surface area (Å²) in [5, 5.41) is 18.3. The van der Waals surface area contributed by atoms with Crippen LogP contribution in [0.5, 0.6) is 0 Å². The quantitative estimate of drug-likeness (QED) is 0.678. The van der Waals surface area contributed by atoms with Gasteiger partial charge in [-0.05, 0) is 32.9 Å². The van der Waals surface area contributed by atoms with Crippen LogP contribution >= 0.6 is 0 Å². The molecule has 0 spiro atoms. The van der Waals surface area contributed by atoms with Crippen LogP contribution in [-0.4, -0.2) is 29.4 Å². The van der Waals surface area contributed by atoms with Crippen molar-refractivity contribution < 1.29 is 13.3 Å². The lowest BCUT2D eigenvalue weighted by atomic mass is 10.1. The Balaban J connectivity index is 2.40. The fourth-order valence-corrected chi connectivity index (χ4v) is 2.55. The van der Waals surface area contributed by atoms with Crippen molar-refractivity contribution in [2.24, 2.45) is 0 Å². The van der Waals surface area contributed by atoms with Crippen LogP contribution in [0.2, 0.25) is 0 Å². The van der Waals surface area contributed by atoms with Crippen molar-refractivity contribution in [1.29, 1.82) is 0 Å². The van der Waals surface area contributed by atoms with Crippen LogP contribution in [0.25, 0.3) is 0 Å². The van der Waals surface area contributed by atoms with Crippen LogP contribution in [0.3, 0.4) is 0 Å². The van der Waals surface area contributed by atoms with Gasteiger partial charge in [0.25, 0.3) is 5.69 Å². The van der Waals surface area contributed by atoms with E-state index in [2.05, 4.69) is 10.4 Å². The molecule has 0 radical (unpaired) electrons. The topological polar surface area (TPSA) is 107 Å². The average molecular weight is 338 g/mol. The lowest BCUT2D eigenvalue weighted by molar-refractivity contribution is -0.384. The van der Waals surface area contributed by atoms with Gasteiger partial charge in [-0.2, -0.15) is 5.10 Å². The van der Waals surface area contributed by atoms with Gasteiger partial charge in [-0.15, -0.1) is 0 Å². The van der Waals surface area contributed by atoms with Gasteiger partial charge in [0.1, 0.15) is 5.69 Å². The molecule has 124 valence electrons. The largest absolute Gasteiger partial charge is 0.347 e. The second-order valence-electron chi connectivity index (χ2n) is 6.18. The molecule has 0 aliphatic heterocycles. The van der Waals surface area contributed by atoms with Crippen LogP contribution in [0.4, 0.5) is 17.1 Å². The fraction of sp³-hybridized carbons (Fsp3) is 0.357. The molecular weight excluding hydrogens is 320 g/mol. The molecule has 0 amide bonds. The molecule has 0 aliphatic carbocycles. The fourth-order valence-electron chi connectivity index (χ4n) is 1.91. The van der Waals surface area contributed by atoms with Crippen LogP contribution in [-0.2, 0) is 15.4 Å². The molecule has 23 heavy (non-hydrogen) atoms. The molecular formula is C14H18N4O4S. The van der Waals surface area contributed by atoms with E-state index in [-0.39, 0.29) is 21.8 Å². The number of hydrogen-bond donors (Lipinski definition) is 1. The number of rotatable bonds is 4. The SMILES string of the molecule is CC(C)(C)n1cc(Nc2ccc(S(C)(=O)=O)cc2[N+](=O)[O-])cn1. The van der Waals surface area contributed by atoms with Crippen molar-refractivity contribution in [2.75, 3.05) is 11.6 Å². The molecule has 8 nitrogen and oxygen atoms in total. The van der Waals surface area contributed by atoms with Gasteiger partial charge in [0.05, 0.1) is 27.2 Å². The second kappa shape index (κ2) is 5.65. The number of nitro benzene ring substituents is 1. The minimum atomic E-state index is -3.51. The number of nitrogens with zero attached hydrogens (tertiary/aromatic N) is 3. The summed E-state index contributed by atoms with van der Waals surface area (Å²) in [6, 6.07) is 3.76. The molecule has 1 heterocycles.